The van der Waals surface area contributed by atoms with Crippen molar-refractivity contribution in [3.8, 4) is 17.1 Å². The van der Waals surface area contributed by atoms with Gasteiger partial charge in [-0.05, 0) is 55.3 Å². The summed E-state index contributed by atoms with van der Waals surface area (Å²) >= 11 is 0. The molecule has 1 amide bonds. The van der Waals surface area contributed by atoms with Crippen LogP contribution in [-0.4, -0.2) is 41.1 Å². The van der Waals surface area contributed by atoms with Gasteiger partial charge in [-0.2, -0.15) is 18.2 Å². The zero-order chi connectivity index (χ0) is 22.0. The number of benzene rings is 2. The van der Waals surface area contributed by atoms with Crippen LogP contribution in [0.2, 0.25) is 0 Å². The van der Waals surface area contributed by atoms with E-state index in [1.54, 1.807) is 12.0 Å². The Balaban J connectivity index is 1.40. The van der Waals surface area contributed by atoms with E-state index in [-0.39, 0.29) is 11.5 Å². The highest BCUT2D eigenvalue weighted by atomic mass is 19.4. The second-order valence-corrected chi connectivity index (χ2v) is 7.33. The first-order valence-corrected chi connectivity index (χ1v) is 9.79. The molecule has 0 radical (unpaired) electrons. The van der Waals surface area contributed by atoms with E-state index in [1.165, 1.54) is 12.1 Å². The van der Waals surface area contributed by atoms with Crippen molar-refractivity contribution in [2.45, 2.75) is 24.9 Å². The minimum absolute atomic E-state index is 0.00921. The number of alkyl halides is 3. The lowest BCUT2D eigenvalue weighted by molar-refractivity contribution is -0.137. The van der Waals surface area contributed by atoms with Crippen molar-refractivity contribution in [1.82, 2.24) is 15.0 Å². The molecule has 9 heteroatoms. The first-order chi connectivity index (χ1) is 14.8. The molecule has 162 valence electrons. The molecule has 1 saturated heterocycles. The third kappa shape index (κ3) is 4.55. The molecule has 0 bridgehead atoms. The van der Waals surface area contributed by atoms with Gasteiger partial charge in [-0.25, -0.2) is 0 Å². The summed E-state index contributed by atoms with van der Waals surface area (Å²) in [7, 11) is 1.59. The van der Waals surface area contributed by atoms with Gasteiger partial charge in [0, 0.05) is 30.1 Å². The number of carbonyl (C=O) groups excluding carboxylic acids is 1. The van der Waals surface area contributed by atoms with Crippen LogP contribution in [0.4, 0.5) is 13.2 Å². The number of rotatable bonds is 4. The molecule has 1 fully saturated rings. The van der Waals surface area contributed by atoms with Crippen molar-refractivity contribution in [3.63, 3.8) is 0 Å². The Morgan fingerprint density at radius 1 is 1.13 bits per heavy atom. The SMILES string of the molecule is COc1ccc(-c2noc(C3CCN(C(=O)c4cccc(C(F)(F)F)c4)CC3)n2)cc1. The van der Waals surface area contributed by atoms with Gasteiger partial charge < -0.3 is 14.2 Å². The topological polar surface area (TPSA) is 68.5 Å². The number of ether oxygens (including phenoxy) is 1. The van der Waals surface area contributed by atoms with Crippen molar-refractivity contribution in [3.05, 3.63) is 65.5 Å². The fraction of sp³-hybridized carbons (Fsp3) is 0.318. The molecule has 3 aromatic rings. The monoisotopic (exact) mass is 431 g/mol. The highest BCUT2D eigenvalue weighted by Crippen LogP contribution is 2.32. The maximum absolute atomic E-state index is 12.9. The molecule has 2 heterocycles. The molecule has 4 rings (SSSR count). The molecule has 0 saturated carbocycles. The molecular formula is C22H20F3N3O3. The summed E-state index contributed by atoms with van der Waals surface area (Å²) in [6.45, 7) is 0.806. The molecule has 31 heavy (non-hydrogen) atoms. The molecule has 0 spiro atoms. The van der Waals surface area contributed by atoms with Crippen LogP contribution in [0.1, 0.15) is 40.6 Å². The molecule has 1 aromatic heterocycles. The summed E-state index contributed by atoms with van der Waals surface area (Å²) in [5.41, 5.74) is 0.00553. The van der Waals surface area contributed by atoms with E-state index in [4.69, 9.17) is 9.26 Å². The number of likely N-dealkylation sites (tertiary alicyclic amines) is 1. The van der Waals surface area contributed by atoms with Gasteiger partial charge in [-0.3, -0.25) is 4.79 Å². The minimum Gasteiger partial charge on any atom is -0.497 e. The Kier molecular flexibility index (Phi) is 5.67. The number of halogens is 3. The van der Waals surface area contributed by atoms with Crippen molar-refractivity contribution < 1.29 is 27.2 Å². The summed E-state index contributed by atoms with van der Waals surface area (Å²) in [6.07, 6.45) is -3.30. The first kappa shape index (κ1) is 20.9. The molecule has 1 aliphatic heterocycles. The van der Waals surface area contributed by atoms with Crippen LogP contribution >= 0.6 is 0 Å². The predicted molar refractivity (Wildman–Crippen MR) is 106 cm³/mol. The van der Waals surface area contributed by atoms with E-state index in [9.17, 15) is 18.0 Å². The lowest BCUT2D eigenvalue weighted by atomic mass is 9.96. The Hall–Kier alpha value is -3.36. The molecule has 1 aliphatic rings. The van der Waals surface area contributed by atoms with Crippen LogP contribution in [0, 0.1) is 0 Å². The zero-order valence-electron chi connectivity index (χ0n) is 16.7. The minimum atomic E-state index is -4.48. The van der Waals surface area contributed by atoms with Gasteiger partial charge in [-0.15, -0.1) is 0 Å². The maximum Gasteiger partial charge on any atom is 0.416 e. The maximum atomic E-state index is 12.9. The molecule has 0 aliphatic carbocycles. The summed E-state index contributed by atoms with van der Waals surface area (Å²) in [4.78, 5) is 18.7. The molecule has 2 aromatic carbocycles. The lowest BCUT2D eigenvalue weighted by Crippen LogP contribution is -2.38. The van der Waals surface area contributed by atoms with E-state index in [0.29, 0.717) is 37.6 Å². The number of nitrogens with zero attached hydrogens (tertiary/aromatic N) is 3. The van der Waals surface area contributed by atoms with E-state index in [2.05, 4.69) is 10.1 Å². The smallest absolute Gasteiger partial charge is 0.416 e. The van der Waals surface area contributed by atoms with Crippen LogP contribution in [0.25, 0.3) is 11.4 Å². The number of carbonyl (C=O) groups is 1. The standard InChI is InChI=1S/C22H20F3N3O3/c1-30-18-7-5-14(6-8-18)19-26-20(31-27-19)15-9-11-28(12-10-15)21(29)16-3-2-4-17(13-16)22(23,24)25/h2-8,13,15H,9-12H2,1H3. The average Bonchev–Trinajstić information content (AvgIpc) is 3.28. The Labute approximate surface area is 176 Å². The predicted octanol–water partition coefficient (Wildman–Crippen LogP) is 4.78. The van der Waals surface area contributed by atoms with E-state index in [1.807, 2.05) is 24.3 Å². The number of piperidine rings is 1. The normalized spacial score (nSPS) is 15.2. The van der Waals surface area contributed by atoms with Gasteiger partial charge in [0.2, 0.25) is 11.7 Å². The quantitative estimate of drug-likeness (QED) is 0.595. The summed E-state index contributed by atoms with van der Waals surface area (Å²) in [6, 6.07) is 11.8. The van der Waals surface area contributed by atoms with Crippen molar-refractivity contribution in [2.75, 3.05) is 20.2 Å². The van der Waals surface area contributed by atoms with Crippen LogP contribution in [0.15, 0.2) is 53.1 Å². The van der Waals surface area contributed by atoms with Gasteiger partial charge >= 0.3 is 6.18 Å². The van der Waals surface area contributed by atoms with Gasteiger partial charge in [0.15, 0.2) is 0 Å². The van der Waals surface area contributed by atoms with Crippen molar-refractivity contribution >= 4 is 5.91 Å². The molecular weight excluding hydrogens is 411 g/mol. The number of hydrogen-bond acceptors (Lipinski definition) is 5. The van der Waals surface area contributed by atoms with Crippen LogP contribution in [-0.2, 0) is 6.18 Å². The van der Waals surface area contributed by atoms with Gasteiger partial charge in [-0.1, -0.05) is 11.2 Å². The fourth-order valence-electron chi connectivity index (χ4n) is 3.60. The second-order valence-electron chi connectivity index (χ2n) is 7.33. The summed E-state index contributed by atoms with van der Waals surface area (Å²) in [5.74, 6) is 1.28. The van der Waals surface area contributed by atoms with Crippen LogP contribution in [0.5, 0.6) is 5.75 Å². The van der Waals surface area contributed by atoms with E-state index in [0.717, 1.165) is 23.4 Å². The number of hydrogen-bond donors (Lipinski definition) is 0. The van der Waals surface area contributed by atoms with Gasteiger partial charge in [0.25, 0.3) is 5.91 Å². The fourth-order valence-corrected chi connectivity index (χ4v) is 3.60. The molecule has 6 nitrogen and oxygen atoms in total. The Morgan fingerprint density at radius 2 is 1.84 bits per heavy atom. The van der Waals surface area contributed by atoms with E-state index >= 15 is 0 Å². The Morgan fingerprint density at radius 3 is 2.48 bits per heavy atom. The highest BCUT2D eigenvalue weighted by molar-refractivity contribution is 5.94. The summed E-state index contributed by atoms with van der Waals surface area (Å²) in [5, 5.41) is 4.04. The zero-order valence-corrected chi connectivity index (χ0v) is 16.7. The third-order valence-electron chi connectivity index (χ3n) is 5.36. The number of methoxy groups -OCH3 is 1. The molecule has 0 unspecified atom stereocenters. The number of aromatic nitrogens is 2. The Bertz CT molecular complexity index is 1060. The van der Waals surface area contributed by atoms with E-state index < -0.39 is 17.6 Å². The van der Waals surface area contributed by atoms with Crippen LogP contribution < -0.4 is 4.74 Å². The van der Waals surface area contributed by atoms with Crippen LogP contribution in [0.3, 0.4) is 0 Å². The molecule has 0 atom stereocenters. The number of amides is 1. The van der Waals surface area contributed by atoms with Gasteiger partial charge in [0.05, 0.1) is 12.7 Å². The highest BCUT2D eigenvalue weighted by Gasteiger charge is 2.32. The molecule has 0 N–H and O–H groups in total. The van der Waals surface area contributed by atoms with Gasteiger partial charge in [0.1, 0.15) is 5.75 Å². The average molecular weight is 431 g/mol. The first-order valence-electron chi connectivity index (χ1n) is 9.79. The third-order valence-corrected chi connectivity index (χ3v) is 5.36. The summed E-state index contributed by atoms with van der Waals surface area (Å²) < 4.78 is 49.3. The lowest BCUT2D eigenvalue weighted by Gasteiger charge is -2.30. The van der Waals surface area contributed by atoms with Crippen molar-refractivity contribution in [1.29, 1.82) is 0 Å². The van der Waals surface area contributed by atoms with Crippen molar-refractivity contribution in [2.24, 2.45) is 0 Å². The largest absolute Gasteiger partial charge is 0.497 e. The second kappa shape index (κ2) is 8.41.